The average molecular weight is 429 g/mol. The van der Waals surface area contributed by atoms with Gasteiger partial charge < -0.3 is 14.0 Å². The molecule has 0 aliphatic rings. The number of allylic oxidation sites excluding steroid dienone is 1. The SMILES string of the molecule is CC=C[C@@H](O[Si](C)(C)C(C)(C)C)[C@H](C)[C@H](CC=CCO)O[Si](C)(C)C(C)(C)C. The van der Waals surface area contributed by atoms with Crippen LogP contribution in [-0.4, -0.2) is 40.6 Å². The number of aliphatic hydroxyl groups is 1. The van der Waals surface area contributed by atoms with Crippen LogP contribution in [0, 0.1) is 5.92 Å². The van der Waals surface area contributed by atoms with Crippen LogP contribution in [-0.2, 0) is 8.85 Å². The predicted octanol–water partition coefficient (Wildman–Crippen LogP) is 6.92. The molecular weight excluding hydrogens is 380 g/mol. The molecule has 0 aliphatic carbocycles. The molecule has 5 heteroatoms. The van der Waals surface area contributed by atoms with Crippen LogP contribution < -0.4 is 0 Å². The molecule has 0 saturated heterocycles. The van der Waals surface area contributed by atoms with Gasteiger partial charge in [0.25, 0.3) is 0 Å². The van der Waals surface area contributed by atoms with Gasteiger partial charge in [0, 0.05) is 5.92 Å². The molecule has 0 rings (SSSR count). The summed E-state index contributed by atoms with van der Waals surface area (Å²) in [4.78, 5) is 0. The summed E-state index contributed by atoms with van der Waals surface area (Å²) in [5, 5.41) is 9.49. The summed E-state index contributed by atoms with van der Waals surface area (Å²) in [6, 6.07) is 0. The zero-order valence-corrected chi connectivity index (χ0v) is 22.7. The standard InChI is InChI=1S/C23H48O3Si2/c1-13-16-20(25-27(9,10)22(3,4)5)19(2)21(17-14-15-18-24)26-28(11,12)23(6,7)8/h13-16,19-21,24H,17-18H2,1-12H3/t19-,20+,21-/m0/s1. The maximum absolute atomic E-state index is 9.17. The Labute approximate surface area is 177 Å². The van der Waals surface area contributed by atoms with E-state index < -0.39 is 16.6 Å². The van der Waals surface area contributed by atoms with Crippen molar-refractivity contribution in [3.05, 3.63) is 24.3 Å². The summed E-state index contributed by atoms with van der Waals surface area (Å²) in [6.07, 6.45) is 9.05. The first-order valence-electron chi connectivity index (χ1n) is 10.7. The lowest BCUT2D eigenvalue weighted by molar-refractivity contribution is 0.0588. The van der Waals surface area contributed by atoms with Gasteiger partial charge in [0.05, 0.1) is 18.8 Å². The largest absolute Gasteiger partial charge is 0.413 e. The van der Waals surface area contributed by atoms with Crippen molar-refractivity contribution in [2.75, 3.05) is 6.61 Å². The predicted molar refractivity (Wildman–Crippen MR) is 129 cm³/mol. The van der Waals surface area contributed by atoms with Crippen LogP contribution in [0.3, 0.4) is 0 Å². The Morgan fingerprint density at radius 3 is 1.71 bits per heavy atom. The molecule has 0 radical (unpaired) electrons. The Balaban J connectivity index is 5.77. The van der Waals surface area contributed by atoms with Gasteiger partial charge in [-0.1, -0.05) is 72.8 Å². The molecule has 1 N–H and O–H groups in total. The van der Waals surface area contributed by atoms with Crippen LogP contribution in [0.15, 0.2) is 24.3 Å². The molecule has 3 nitrogen and oxygen atoms in total. The molecule has 0 amide bonds. The van der Waals surface area contributed by atoms with Gasteiger partial charge in [0.2, 0.25) is 0 Å². The van der Waals surface area contributed by atoms with E-state index in [0.717, 1.165) is 6.42 Å². The van der Waals surface area contributed by atoms with Gasteiger partial charge >= 0.3 is 0 Å². The van der Waals surface area contributed by atoms with Crippen molar-refractivity contribution in [2.45, 2.75) is 110 Å². The normalized spacial score (nSPS) is 18.0. The summed E-state index contributed by atoms with van der Waals surface area (Å²) in [5.74, 6) is 0.225. The fourth-order valence-corrected chi connectivity index (χ4v) is 5.22. The molecule has 0 aromatic carbocycles. The van der Waals surface area contributed by atoms with Crippen LogP contribution in [0.2, 0.25) is 36.3 Å². The monoisotopic (exact) mass is 428 g/mol. The quantitative estimate of drug-likeness (QED) is 0.303. The zero-order valence-electron chi connectivity index (χ0n) is 20.7. The molecule has 0 aromatic heterocycles. The molecule has 166 valence electrons. The van der Waals surface area contributed by atoms with E-state index in [1.165, 1.54) is 0 Å². The third kappa shape index (κ3) is 8.27. The minimum atomic E-state index is -1.92. The lowest BCUT2D eigenvalue weighted by Crippen LogP contribution is -2.50. The van der Waals surface area contributed by atoms with E-state index in [-0.39, 0.29) is 34.8 Å². The summed E-state index contributed by atoms with van der Waals surface area (Å²) in [7, 11) is -3.82. The first kappa shape index (κ1) is 27.8. The van der Waals surface area contributed by atoms with Crippen molar-refractivity contribution < 1.29 is 14.0 Å². The third-order valence-corrected chi connectivity index (χ3v) is 15.6. The van der Waals surface area contributed by atoms with E-state index >= 15 is 0 Å². The number of hydrogen-bond acceptors (Lipinski definition) is 3. The Hall–Kier alpha value is -0.206. The Morgan fingerprint density at radius 2 is 1.32 bits per heavy atom. The van der Waals surface area contributed by atoms with Crippen LogP contribution >= 0.6 is 0 Å². The summed E-state index contributed by atoms with van der Waals surface area (Å²) < 4.78 is 13.7. The lowest BCUT2D eigenvalue weighted by atomic mass is 9.95. The van der Waals surface area contributed by atoms with E-state index in [4.69, 9.17) is 14.0 Å². The maximum atomic E-state index is 9.17. The van der Waals surface area contributed by atoms with Gasteiger partial charge in [0.1, 0.15) is 0 Å². The second-order valence-corrected chi connectivity index (χ2v) is 20.5. The smallest absolute Gasteiger partial charge is 0.192 e. The second kappa shape index (κ2) is 10.7. The molecular formula is C23H48O3Si2. The van der Waals surface area contributed by atoms with Crippen molar-refractivity contribution in [2.24, 2.45) is 5.92 Å². The van der Waals surface area contributed by atoms with Gasteiger partial charge in [-0.05, 0) is 49.6 Å². The summed E-state index contributed by atoms with van der Waals surface area (Å²) in [6.45, 7) is 27.3. The lowest BCUT2D eigenvalue weighted by Gasteiger charge is -2.44. The fourth-order valence-electron chi connectivity index (χ4n) is 2.47. The molecule has 0 saturated carbocycles. The van der Waals surface area contributed by atoms with Crippen LogP contribution in [0.1, 0.15) is 61.8 Å². The van der Waals surface area contributed by atoms with Crippen LogP contribution in [0.4, 0.5) is 0 Å². The second-order valence-electron chi connectivity index (χ2n) is 11.0. The van der Waals surface area contributed by atoms with Crippen molar-refractivity contribution in [1.82, 2.24) is 0 Å². The minimum absolute atomic E-state index is 0.0307. The van der Waals surface area contributed by atoms with Gasteiger partial charge in [-0.3, -0.25) is 0 Å². The van der Waals surface area contributed by atoms with Crippen molar-refractivity contribution in [3.8, 4) is 0 Å². The van der Waals surface area contributed by atoms with Crippen LogP contribution in [0.5, 0.6) is 0 Å². The van der Waals surface area contributed by atoms with E-state index in [2.05, 4.69) is 93.7 Å². The Morgan fingerprint density at radius 1 is 0.857 bits per heavy atom. The first-order chi connectivity index (χ1) is 12.5. The van der Waals surface area contributed by atoms with Gasteiger partial charge in [-0.15, -0.1) is 0 Å². The molecule has 3 atom stereocenters. The molecule has 0 unspecified atom stereocenters. The van der Waals surface area contributed by atoms with E-state index in [0.29, 0.717) is 0 Å². The van der Waals surface area contributed by atoms with Crippen molar-refractivity contribution in [3.63, 3.8) is 0 Å². The maximum Gasteiger partial charge on any atom is 0.192 e. The molecule has 0 heterocycles. The summed E-state index contributed by atoms with van der Waals surface area (Å²) >= 11 is 0. The number of hydrogen-bond donors (Lipinski definition) is 1. The third-order valence-electron chi connectivity index (χ3n) is 6.62. The van der Waals surface area contributed by atoms with Crippen molar-refractivity contribution >= 4 is 16.6 Å². The highest BCUT2D eigenvalue weighted by molar-refractivity contribution is 6.74. The highest BCUT2D eigenvalue weighted by atomic mass is 28.4. The molecule has 0 spiro atoms. The molecule has 0 aliphatic heterocycles. The van der Waals surface area contributed by atoms with Gasteiger partial charge in [-0.25, -0.2) is 0 Å². The molecule has 0 bridgehead atoms. The molecule has 28 heavy (non-hydrogen) atoms. The van der Waals surface area contributed by atoms with E-state index in [9.17, 15) is 0 Å². The highest BCUT2D eigenvalue weighted by Crippen LogP contribution is 2.41. The fraction of sp³-hybridized carbons (Fsp3) is 0.826. The number of rotatable bonds is 10. The van der Waals surface area contributed by atoms with E-state index in [1.54, 1.807) is 0 Å². The summed E-state index contributed by atoms with van der Waals surface area (Å²) in [5.41, 5.74) is 0. The molecule has 0 fully saturated rings. The highest BCUT2D eigenvalue weighted by Gasteiger charge is 2.43. The Kier molecular flexibility index (Phi) is 10.6. The zero-order chi connectivity index (χ0) is 22.4. The van der Waals surface area contributed by atoms with Crippen molar-refractivity contribution in [1.29, 1.82) is 0 Å². The topological polar surface area (TPSA) is 38.7 Å². The van der Waals surface area contributed by atoms with Crippen LogP contribution in [0.25, 0.3) is 0 Å². The molecule has 0 aromatic rings. The van der Waals surface area contributed by atoms with Gasteiger partial charge in [0.15, 0.2) is 16.6 Å². The van der Waals surface area contributed by atoms with E-state index in [1.807, 2.05) is 12.2 Å². The van der Waals surface area contributed by atoms with Gasteiger partial charge in [-0.2, -0.15) is 0 Å². The average Bonchev–Trinajstić information content (AvgIpc) is 2.50. The minimum Gasteiger partial charge on any atom is -0.413 e. The number of aliphatic hydroxyl groups excluding tert-OH is 1. The first-order valence-corrected chi connectivity index (χ1v) is 16.6. The Bertz CT molecular complexity index is 511.